The predicted molar refractivity (Wildman–Crippen MR) is 80.3 cm³/mol. The Balaban J connectivity index is 1.64. The van der Waals surface area contributed by atoms with Crippen LogP contribution < -0.4 is 5.32 Å². The van der Waals surface area contributed by atoms with Crippen molar-refractivity contribution in [2.75, 3.05) is 12.4 Å². The second-order valence-corrected chi connectivity index (χ2v) is 6.21. The maximum Gasteiger partial charge on any atom is 0.159 e. The minimum atomic E-state index is -0.126. The van der Waals surface area contributed by atoms with Gasteiger partial charge in [-0.25, -0.2) is 0 Å². The topological polar surface area (TPSA) is 33.6 Å². The van der Waals surface area contributed by atoms with E-state index >= 15 is 0 Å². The van der Waals surface area contributed by atoms with Crippen molar-refractivity contribution in [2.24, 2.45) is 4.99 Å². The Bertz CT molecular complexity index is 435. The van der Waals surface area contributed by atoms with Crippen molar-refractivity contribution in [1.29, 1.82) is 0 Å². The van der Waals surface area contributed by atoms with Crippen LogP contribution in [0.2, 0.25) is 0 Å². The quantitative estimate of drug-likeness (QED) is 0.901. The summed E-state index contributed by atoms with van der Waals surface area (Å²) in [5.74, 6) is 1.10. The van der Waals surface area contributed by atoms with Gasteiger partial charge in [0.15, 0.2) is 5.17 Å². The molecular formula is C15H20N2OS. The summed E-state index contributed by atoms with van der Waals surface area (Å²) in [5.41, 5.74) is 1.13. The van der Waals surface area contributed by atoms with Crippen molar-refractivity contribution in [1.82, 2.24) is 5.32 Å². The molecule has 1 aromatic carbocycles. The van der Waals surface area contributed by atoms with Crippen molar-refractivity contribution in [3.8, 4) is 0 Å². The molecule has 102 valence electrons. The standard InChI is InChI=1S/C15H20N2OS/c1-2-6-13(7-3-1)12-16-14-17-15(9-11-19-14)8-4-5-10-18-15/h1-3,6-7H,4-5,8-12H2,(H,16,17). The average molecular weight is 276 g/mol. The molecular weight excluding hydrogens is 256 g/mol. The van der Waals surface area contributed by atoms with Gasteiger partial charge in [-0.05, 0) is 24.8 Å². The highest BCUT2D eigenvalue weighted by Crippen LogP contribution is 2.31. The lowest BCUT2D eigenvalue weighted by Gasteiger charge is -2.41. The van der Waals surface area contributed by atoms with Gasteiger partial charge in [0.2, 0.25) is 0 Å². The van der Waals surface area contributed by atoms with Crippen molar-refractivity contribution in [3.05, 3.63) is 35.9 Å². The van der Waals surface area contributed by atoms with E-state index in [4.69, 9.17) is 9.73 Å². The van der Waals surface area contributed by atoms with Gasteiger partial charge in [-0.15, -0.1) is 0 Å². The Labute approximate surface area is 118 Å². The fraction of sp³-hybridized carbons (Fsp3) is 0.533. The summed E-state index contributed by atoms with van der Waals surface area (Å²) in [5, 5.41) is 4.57. The molecule has 0 aromatic heterocycles. The molecule has 0 saturated carbocycles. The molecule has 0 aliphatic carbocycles. The average Bonchev–Trinajstić information content (AvgIpc) is 2.47. The number of hydrogen-bond donors (Lipinski definition) is 1. The predicted octanol–water partition coefficient (Wildman–Crippen LogP) is 3.17. The lowest BCUT2D eigenvalue weighted by Crippen LogP contribution is -2.54. The molecule has 2 saturated heterocycles. The summed E-state index contributed by atoms with van der Waals surface area (Å²) in [6.45, 7) is 1.62. The van der Waals surface area contributed by atoms with Crippen LogP contribution in [0.1, 0.15) is 31.2 Å². The molecule has 3 nitrogen and oxygen atoms in total. The number of ether oxygens (including phenoxy) is 1. The summed E-state index contributed by atoms with van der Waals surface area (Å²) >= 11 is 1.81. The zero-order valence-electron chi connectivity index (χ0n) is 11.1. The van der Waals surface area contributed by atoms with Crippen molar-refractivity contribution >= 4 is 16.9 Å². The van der Waals surface area contributed by atoms with Crippen LogP contribution in [0.3, 0.4) is 0 Å². The number of nitrogens with one attached hydrogen (secondary N) is 1. The Hall–Kier alpha value is -1.00. The van der Waals surface area contributed by atoms with Gasteiger partial charge < -0.3 is 10.1 Å². The number of nitrogens with zero attached hydrogens (tertiary/aromatic N) is 1. The lowest BCUT2D eigenvalue weighted by atomic mass is 10.00. The molecule has 1 atom stereocenters. The second-order valence-electron chi connectivity index (χ2n) is 5.13. The third-order valence-corrected chi connectivity index (χ3v) is 4.59. The fourth-order valence-electron chi connectivity index (χ4n) is 2.59. The van der Waals surface area contributed by atoms with E-state index < -0.39 is 0 Å². The van der Waals surface area contributed by atoms with Crippen LogP contribution in [-0.4, -0.2) is 23.3 Å². The lowest BCUT2D eigenvalue weighted by molar-refractivity contribution is -0.0910. The highest BCUT2D eigenvalue weighted by Gasteiger charge is 2.36. The Morgan fingerprint density at radius 1 is 1.21 bits per heavy atom. The van der Waals surface area contributed by atoms with Crippen LogP contribution in [0.15, 0.2) is 35.3 Å². The highest BCUT2D eigenvalue weighted by molar-refractivity contribution is 8.13. The fourth-order valence-corrected chi connectivity index (χ4v) is 3.62. The second kappa shape index (κ2) is 5.97. The minimum absolute atomic E-state index is 0.126. The largest absolute Gasteiger partial charge is 0.356 e. The number of aliphatic imine (C=N–C) groups is 1. The van der Waals surface area contributed by atoms with Gasteiger partial charge in [0.25, 0.3) is 0 Å². The molecule has 4 heteroatoms. The number of hydrogen-bond acceptors (Lipinski definition) is 3. The molecule has 2 aliphatic rings. The Morgan fingerprint density at radius 2 is 2.11 bits per heavy atom. The van der Waals surface area contributed by atoms with Crippen molar-refractivity contribution in [3.63, 3.8) is 0 Å². The van der Waals surface area contributed by atoms with E-state index in [9.17, 15) is 0 Å². The molecule has 0 radical (unpaired) electrons. The third kappa shape index (κ3) is 3.31. The first-order valence-electron chi connectivity index (χ1n) is 7.00. The molecule has 1 aromatic rings. The first kappa shape index (κ1) is 13.0. The molecule has 1 unspecified atom stereocenters. The van der Waals surface area contributed by atoms with Gasteiger partial charge in [-0.2, -0.15) is 0 Å². The summed E-state index contributed by atoms with van der Waals surface area (Å²) in [6, 6.07) is 10.4. The zero-order valence-corrected chi connectivity index (χ0v) is 11.9. The summed E-state index contributed by atoms with van der Waals surface area (Å²) < 4.78 is 5.98. The first-order chi connectivity index (χ1) is 9.36. The van der Waals surface area contributed by atoms with Crippen LogP contribution in [0.4, 0.5) is 0 Å². The van der Waals surface area contributed by atoms with Gasteiger partial charge in [0.1, 0.15) is 5.72 Å². The first-order valence-corrected chi connectivity index (χ1v) is 7.98. The van der Waals surface area contributed by atoms with E-state index in [-0.39, 0.29) is 5.72 Å². The SMILES string of the molecule is c1ccc(CN=C2NC3(CCCCO3)CCS2)cc1. The summed E-state index contributed by atoms with van der Waals surface area (Å²) in [7, 11) is 0. The van der Waals surface area contributed by atoms with Crippen LogP contribution in [0, 0.1) is 0 Å². The highest BCUT2D eigenvalue weighted by atomic mass is 32.2. The van der Waals surface area contributed by atoms with Crippen LogP contribution in [0.5, 0.6) is 0 Å². The van der Waals surface area contributed by atoms with E-state index in [1.807, 2.05) is 17.8 Å². The van der Waals surface area contributed by atoms with Crippen LogP contribution in [-0.2, 0) is 11.3 Å². The maximum absolute atomic E-state index is 5.98. The van der Waals surface area contributed by atoms with Gasteiger partial charge in [0, 0.05) is 18.8 Å². The Kier molecular flexibility index (Phi) is 4.09. The third-order valence-electron chi connectivity index (χ3n) is 3.68. The Morgan fingerprint density at radius 3 is 2.89 bits per heavy atom. The minimum Gasteiger partial charge on any atom is -0.356 e. The molecule has 2 aliphatic heterocycles. The smallest absolute Gasteiger partial charge is 0.159 e. The van der Waals surface area contributed by atoms with Gasteiger partial charge >= 0.3 is 0 Å². The molecule has 2 heterocycles. The maximum atomic E-state index is 5.98. The molecule has 1 spiro atoms. The van der Waals surface area contributed by atoms with Gasteiger partial charge in [-0.3, -0.25) is 4.99 Å². The van der Waals surface area contributed by atoms with Crippen molar-refractivity contribution in [2.45, 2.75) is 38.0 Å². The van der Waals surface area contributed by atoms with Crippen molar-refractivity contribution < 1.29 is 4.74 Å². The molecule has 3 rings (SSSR count). The molecule has 1 N–H and O–H groups in total. The summed E-state index contributed by atoms with van der Waals surface area (Å²) in [6.07, 6.45) is 4.64. The number of amidine groups is 1. The van der Waals surface area contributed by atoms with Gasteiger partial charge in [0.05, 0.1) is 6.54 Å². The van der Waals surface area contributed by atoms with Gasteiger partial charge in [-0.1, -0.05) is 42.1 Å². The van der Waals surface area contributed by atoms with Crippen LogP contribution >= 0.6 is 11.8 Å². The number of benzene rings is 1. The molecule has 2 fully saturated rings. The monoisotopic (exact) mass is 276 g/mol. The summed E-state index contributed by atoms with van der Waals surface area (Å²) in [4.78, 5) is 4.69. The van der Waals surface area contributed by atoms with E-state index in [1.54, 1.807) is 0 Å². The van der Waals surface area contributed by atoms with E-state index in [0.29, 0.717) is 0 Å². The molecule has 19 heavy (non-hydrogen) atoms. The van der Waals surface area contributed by atoms with E-state index in [1.165, 1.54) is 18.4 Å². The molecule has 0 amide bonds. The zero-order chi connectivity index (χ0) is 13.0. The van der Waals surface area contributed by atoms with Crippen LogP contribution in [0.25, 0.3) is 0 Å². The molecule has 0 bridgehead atoms. The normalized spacial score (nSPS) is 29.4. The number of thioether (sulfide) groups is 1. The van der Waals surface area contributed by atoms with E-state index in [0.717, 1.165) is 36.9 Å². The number of rotatable bonds is 2. The van der Waals surface area contributed by atoms with E-state index in [2.05, 4.69) is 29.6 Å².